The molecule has 0 aliphatic rings. The number of rotatable bonds is 7. The Morgan fingerprint density at radius 3 is 2.62 bits per heavy atom. The number of fused-ring (bicyclic) bond motifs is 1. The predicted molar refractivity (Wildman–Crippen MR) is 97.2 cm³/mol. The number of hydrogen-bond donors (Lipinski definition) is 2. The van der Waals surface area contributed by atoms with E-state index in [1.165, 1.54) is 0 Å². The number of Topliss-reactive ketones (excluding diaryl/α,β-unsaturated/α-hetero) is 1. The second-order valence-electron chi connectivity index (χ2n) is 5.96. The lowest BCUT2D eigenvalue weighted by atomic mass is 10.1. The van der Waals surface area contributed by atoms with Crippen molar-refractivity contribution in [2.45, 2.75) is 26.2 Å². The monoisotopic (exact) mass is 352 g/mol. The first-order chi connectivity index (χ1) is 12.6. The summed E-state index contributed by atoms with van der Waals surface area (Å²) in [5.41, 5.74) is 2.84. The topological polar surface area (TPSA) is 92.3 Å². The van der Waals surface area contributed by atoms with Crippen LogP contribution < -0.4 is 0 Å². The van der Waals surface area contributed by atoms with Crippen LogP contribution >= 0.6 is 0 Å². The van der Waals surface area contributed by atoms with Gasteiger partial charge in [-0.15, -0.1) is 0 Å². The van der Waals surface area contributed by atoms with Gasteiger partial charge in [-0.05, 0) is 43.2 Å². The predicted octanol–water partition coefficient (Wildman–Crippen LogP) is 3.19. The van der Waals surface area contributed by atoms with E-state index in [1.54, 1.807) is 31.2 Å². The van der Waals surface area contributed by atoms with Crippen molar-refractivity contribution in [3.8, 4) is 5.75 Å². The van der Waals surface area contributed by atoms with Crippen LogP contribution in [-0.4, -0.2) is 33.4 Å². The van der Waals surface area contributed by atoms with Crippen molar-refractivity contribution in [1.82, 2.24) is 9.97 Å². The number of carbonyl (C=O) groups excluding carboxylic acids is 2. The summed E-state index contributed by atoms with van der Waals surface area (Å²) in [6.07, 6.45) is 1.14. The second kappa shape index (κ2) is 7.82. The van der Waals surface area contributed by atoms with Crippen LogP contribution in [-0.2, 0) is 22.4 Å². The molecule has 0 fully saturated rings. The third-order valence-electron chi connectivity index (χ3n) is 4.06. The quantitative estimate of drug-likeness (QED) is 0.387. The Balaban J connectivity index is 1.76. The number of aryl methyl sites for hydroxylation is 2. The molecule has 2 N–H and O–H groups in total. The molecule has 134 valence electrons. The van der Waals surface area contributed by atoms with Gasteiger partial charge in [0.1, 0.15) is 18.0 Å². The number of hydrogen-bond acceptors (Lipinski definition) is 5. The number of nitrogens with zero attached hydrogens (tertiary/aromatic N) is 1. The van der Waals surface area contributed by atoms with Gasteiger partial charge in [-0.3, -0.25) is 9.59 Å². The van der Waals surface area contributed by atoms with Crippen molar-refractivity contribution >= 4 is 22.8 Å². The van der Waals surface area contributed by atoms with E-state index < -0.39 is 5.97 Å². The summed E-state index contributed by atoms with van der Waals surface area (Å²) >= 11 is 0. The molecule has 0 bridgehead atoms. The average molecular weight is 352 g/mol. The van der Waals surface area contributed by atoms with E-state index in [0.717, 1.165) is 23.3 Å². The van der Waals surface area contributed by atoms with Gasteiger partial charge in [0.25, 0.3) is 0 Å². The molecule has 3 aromatic rings. The minimum absolute atomic E-state index is 0.238. The number of benzene rings is 2. The number of para-hydroxylation sites is 1. The SMILES string of the molecule is CCOC(=O)CC(=O)c1cccc2[nH]c(CCc3ccc(O)cc3)nc12. The number of aromatic amines is 1. The van der Waals surface area contributed by atoms with E-state index >= 15 is 0 Å². The van der Waals surface area contributed by atoms with Gasteiger partial charge in [0, 0.05) is 12.0 Å². The van der Waals surface area contributed by atoms with Crippen molar-refractivity contribution in [3.05, 3.63) is 59.4 Å². The smallest absolute Gasteiger partial charge is 0.313 e. The Morgan fingerprint density at radius 2 is 1.88 bits per heavy atom. The number of ketones is 1. The standard InChI is InChI=1S/C20H20N2O4/c1-2-26-19(25)12-17(24)15-4-3-5-16-20(15)22-18(21-16)11-8-13-6-9-14(23)10-7-13/h3-7,9-10,23H,2,8,11-12H2,1H3,(H,21,22). The van der Waals surface area contributed by atoms with Crippen LogP contribution in [0.25, 0.3) is 11.0 Å². The lowest BCUT2D eigenvalue weighted by molar-refractivity contribution is -0.141. The molecule has 0 unspecified atom stereocenters. The number of phenols is 1. The summed E-state index contributed by atoms with van der Waals surface area (Å²) in [5, 5.41) is 9.33. The molecule has 1 aromatic heterocycles. The van der Waals surface area contributed by atoms with Crippen LogP contribution in [0.3, 0.4) is 0 Å². The van der Waals surface area contributed by atoms with Crippen molar-refractivity contribution in [2.75, 3.05) is 6.61 Å². The molecule has 1 heterocycles. The van der Waals surface area contributed by atoms with Crippen molar-refractivity contribution in [2.24, 2.45) is 0 Å². The highest BCUT2D eigenvalue weighted by Gasteiger charge is 2.17. The molecule has 0 amide bonds. The third kappa shape index (κ3) is 4.08. The maximum Gasteiger partial charge on any atom is 0.313 e. The third-order valence-corrected chi connectivity index (χ3v) is 4.06. The Bertz CT molecular complexity index is 929. The fraction of sp³-hybridized carbons (Fsp3) is 0.250. The number of imidazole rings is 1. The van der Waals surface area contributed by atoms with Crippen LogP contribution in [0.5, 0.6) is 5.75 Å². The number of esters is 1. The molecule has 2 aromatic carbocycles. The summed E-state index contributed by atoms with van der Waals surface area (Å²) in [6.45, 7) is 1.96. The number of carbonyl (C=O) groups is 2. The second-order valence-corrected chi connectivity index (χ2v) is 5.96. The van der Waals surface area contributed by atoms with Gasteiger partial charge in [0.05, 0.1) is 17.6 Å². The first-order valence-corrected chi connectivity index (χ1v) is 8.51. The molecule has 0 saturated heterocycles. The first-order valence-electron chi connectivity index (χ1n) is 8.51. The minimum Gasteiger partial charge on any atom is -0.508 e. The lowest BCUT2D eigenvalue weighted by Crippen LogP contribution is -2.11. The Kier molecular flexibility index (Phi) is 5.31. The van der Waals surface area contributed by atoms with E-state index in [2.05, 4.69) is 9.97 Å². The van der Waals surface area contributed by atoms with Gasteiger partial charge in [0.2, 0.25) is 0 Å². The van der Waals surface area contributed by atoms with E-state index in [1.807, 2.05) is 18.2 Å². The molecule has 3 rings (SSSR count). The molecule has 0 saturated carbocycles. The van der Waals surface area contributed by atoms with Crippen LogP contribution in [0.1, 0.15) is 35.1 Å². The molecule has 6 heteroatoms. The summed E-state index contributed by atoms with van der Waals surface area (Å²) in [5.74, 6) is 0.176. The largest absolute Gasteiger partial charge is 0.508 e. The average Bonchev–Trinajstić information content (AvgIpc) is 3.04. The van der Waals surface area contributed by atoms with E-state index in [9.17, 15) is 14.7 Å². The Morgan fingerprint density at radius 1 is 1.12 bits per heavy atom. The Labute approximate surface area is 150 Å². The summed E-state index contributed by atoms with van der Waals surface area (Å²) < 4.78 is 4.84. The molecule has 0 radical (unpaired) electrons. The lowest BCUT2D eigenvalue weighted by Gasteiger charge is -2.02. The molecule has 6 nitrogen and oxygen atoms in total. The number of aromatic nitrogens is 2. The molecule has 26 heavy (non-hydrogen) atoms. The Hall–Kier alpha value is -3.15. The number of ether oxygens (including phenoxy) is 1. The van der Waals surface area contributed by atoms with E-state index in [-0.39, 0.29) is 24.6 Å². The van der Waals surface area contributed by atoms with Gasteiger partial charge in [-0.1, -0.05) is 18.2 Å². The summed E-state index contributed by atoms with van der Waals surface area (Å²) in [4.78, 5) is 31.7. The maximum atomic E-state index is 12.4. The summed E-state index contributed by atoms with van der Waals surface area (Å²) in [6, 6.07) is 12.3. The normalized spacial score (nSPS) is 10.8. The maximum absolute atomic E-state index is 12.4. The molecule has 0 aliphatic heterocycles. The van der Waals surface area contributed by atoms with Crippen LogP contribution in [0.4, 0.5) is 0 Å². The van der Waals surface area contributed by atoms with Crippen LogP contribution in [0.15, 0.2) is 42.5 Å². The highest BCUT2D eigenvalue weighted by Crippen LogP contribution is 2.19. The number of nitrogens with one attached hydrogen (secondary N) is 1. The van der Waals surface area contributed by atoms with Crippen molar-refractivity contribution in [3.63, 3.8) is 0 Å². The van der Waals surface area contributed by atoms with Gasteiger partial charge >= 0.3 is 5.97 Å². The molecular weight excluding hydrogens is 332 g/mol. The van der Waals surface area contributed by atoms with Crippen LogP contribution in [0.2, 0.25) is 0 Å². The fourth-order valence-electron chi connectivity index (χ4n) is 2.79. The fourth-order valence-corrected chi connectivity index (χ4v) is 2.79. The molecule has 0 spiro atoms. The van der Waals surface area contributed by atoms with Crippen molar-refractivity contribution in [1.29, 1.82) is 0 Å². The molecule has 0 atom stereocenters. The van der Waals surface area contributed by atoms with Gasteiger partial charge in [-0.2, -0.15) is 0 Å². The zero-order valence-electron chi connectivity index (χ0n) is 14.5. The van der Waals surface area contributed by atoms with E-state index in [4.69, 9.17) is 4.74 Å². The summed E-state index contributed by atoms with van der Waals surface area (Å²) in [7, 11) is 0. The number of H-pyrrole nitrogens is 1. The highest BCUT2D eigenvalue weighted by molar-refractivity contribution is 6.12. The zero-order chi connectivity index (χ0) is 18.5. The minimum atomic E-state index is -0.530. The molecule has 0 aliphatic carbocycles. The highest BCUT2D eigenvalue weighted by atomic mass is 16.5. The van der Waals surface area contributed by atoms with Crippen LogP contribution in [0, 0.1) is 0 Å². The number of aromatic hydroxyl groups is 1. The van der Waals surface area contributed by atoms with Gasteiger partial charge in [0.15, 0.2) is 5.78 Å². The number of phenolic OH excluding ortho intramolecular Hbond substituents is 1. The molecular formula is C20H20N2O4. The van der Waals surface area contributed by atoms with E-state index in [0.29, 0.717) is 17.5 Å². The van der Waals surface area contributed by atoms with Gasteiger partial charge in [-0.25, -0.2) is 4.98 Å². The van der Waals surface area contributed by atoms with Crippen molar-refractivity contribution < 1.29 is 19.4 Å². The van der Waals surface area contributed by atoms with Gasteiger partial charge < -0.3 is 14.8 Å². The zero-order valence-corrected chi connectivity index (χ0v) is 14.5. The first kappa shape index (κ1) is 17.7.